The van der Waals surface area contributed by atoms with Crippen LogP contribution in [0.1, 0.15) is 27.2 Å². The van der Waals surface area contributed by atoms with E-state index < -0.39 is 12.1 Å². The minimum Gasteiger partial charge on any atom is -0.481 e. The number of likely N-dealkylation sites (N-methyl/N-ethyl adjacent to an activating group) is 1. The minimum atomic E-state index is -0.596. The predicted molar refractivity (Wildman–Crippen MR) is 80.0 cm³/mol. The van der Waals surface area contributed by atoms with Gasteiger partial charge in [-0.25, -0.2) is 0 Å². The largest absolute Gasteiger partial charge is 0.481 e. The molecule has 1 aromatic carbocycles. The Balaban J connectivity index is 2.69. The van der Waals surface area contributed by atoms with Gasteiger partial charge >= 0.3 is 5.97 Å². The van der Waals surface area contributed by atoms with E-state index in [-0.39, 0.29) is 12.5 Å². The number of amides is 1. The maximum atomic E-state index is 12.4. The predicted octanol–water partition coefficient (Wildman–Crippen LogP) is 2.26. The van der Waals surface area contributed by atoms with Crippen molar-refractivity contribution in [1.29, 1.82) is 0 Å². The van der Waals surface area contributed by atoms with Crippen molar-refractivity contribution >= 4 is 11.9 Å². The van der Waals surface area contributed by atoms with Gasteiger partial charge in [-0.2, -0.15) is 0 Å². The van der Waals surface area contributed by atoms with E-state index in [4.69, 9.17) is 9.47 Å². The molecule has 0 heterocycles. The first-order valence-corrected chi connectivity index (χ1v) is 7.28. The molecule has 0 aliphatic carbocycles. The van der Waals surface area contributed by atoms with E-state index in [1.807, 2.05) is 32.0 Å². The molecule has 5 nitrogen and oxygen atoms in total. The van der Waals surface area contributed by atoms with Crippen molar-refractivity contribution in [2.75, 3.05) is 19.7 Å². The Morgan fingerprint density at radius 2 is 1.81 bits per heavy atom. The highest BCUT2D eigenvalue weighted by Crippen LogP contribution is 2.14. The van der Waals surface area contributed by atoms with Gasteiger partial charge in [0.05, 0.1) is 6.61 Å². The molecule has 0 aliphatic rings. The Labute approximate surface area is 125 Å². The van der Waals surface area contributed by atoms with Crippen LogP contribution in [0.4, 0.5) is 0 Å². The van der Waals surface area contributed by atoms with E-state index in [2.05, 4.69) is 0 Å². The summed E-state index contributed by atoms with van der Waals surface area (Å²) in [5, 5.41) is 0. The maximum absolute atomic E-state index is 12.4. The van der Waals surface area contributed by atoms with Gasteiger partial charge in [0, 0.05) is 6.54 Å². The molecular formula is C16H23NO4. The quantitative estimate of drug-likeness (QED) is 0.690. The van der Waals surface area contributed by atoms with Crippen LogP contribution in [0.2, 0.25) is 0 Å². The average molecular weight is 293 g/mol. The normalized spacial score (nSPS) is 11.6. The Morgan fingerprint density at radius 3 is 2.33 bits per heavy atom. The van der Waals surface area contributed by atoms with Crippen LogP contribution in [0.25, 0.3) is 0 Å². The molecule has 1 rings (SSSR count). The van der Waals surface area contributed by atoms with Crippen molar-refractivity contribution < 1.29 is 19.1 Å². The highest BCUT2D eigenvalue weighted by molar-refractivity contribution is 5.85. The number of carbonyl (C=O) groups excluding carboxylic acids is 2. The standard InChI is InChI=1S/C16H23NO4/c1-4-14(21-13-10-8-7-9-11-13)16(19)17(5-2)12-15(18)20-6-3/h7-11,14H,4-6,12H2,1-3H3. The average Bonchev–Trinajstić information content (AvgIpc) is 2.51. The number of benzene rings is 1. The molecule has 1 aromatic rings. The SMILES string of the molecule is CCOC(=O)CN(CC)C(=O)C(CC)Oc1ccccc1. The molecule has 5 heteroatoms. The van der Waals surface area contributed by atoms with Crippen LogP contribution in [0, 0.1) is 0 Å². The molecule has 1 unspecified atom stereocenters. The highest BCUT2D eigenvalue weighted by atomic mass is 16.5. The van der Waals surface area contributed by atoms with Gasteiger partial charge in [0.15, 0.2) is 6.10 Å². The van der Waals surface area contributed by atoms with Crippen LogP contribution in [0.3, 0.4) is 0 Å². The number of rotatable bonds is 8. The minimum absolute atomic E-state index is 0.0438. The topological polar surface area (TPSA) is 55.8 Å². The molecular weight excluding hydrogens is 270 g/mol. The van der Waals surface area contributed by atoms with Crippen molar-refractivity contribution in [2.24, 2.45) is 0 Å². The van der Waals surface area contributed by atoms with Crippen LogP contribution in [-0.4, -0.2) is 42.6 Å². The van der Waals surface area contributed by atoms with Crippen LogP contribution in [0.5, 0.6) is 5.75 Å². The summed E-state index contributed by atoms with van der Waals surface area (Å²) in [6.07, 6.45) is -0.0608. The third-order valence-electron chi connectivity index (χ3n) is 2.99. The van der Waals surface area contributed by atoms with Crippen LogP contribution in [0.15, 0.2) is 30.3 Å². The second kappa shape index (κ2) is 9.00. The first kappa shape index (κ1) is 17.0. The highest BCUT2D eigenvalue weighted by Gasteiger charge is 2.25. The molecule has 116 valence electrons. The Hall–Kier alpha value is -2.04. The van der Waals surface area contributed by atoms with Crippen molar-refractivity contribution in [3.63, 3.8) is 0 Å². The van der Waals surface area contributed by atoms with Crippen molar-refractivity contribution in [3.05, 3.63) is 30.3 Å². The van der Waals surface area contributed by atoms with Crippen LogP contribution >= 0.6 is 0 Å². The fourth-order valence-corrected chi connectivity index (χ4v) is 1.88. The second-order valence-electron chi connectivity index (χ2n) is 4.49. The van der Waals surface area contributed by atoms with Gasteiger partial charge in [0.25, 0.3) is 5.91 Å². The third-order valence-corrected chi connectivity index (χ3v) is 2.99. The Bertz CT molecular complexity index is 447. The van der Waals surface area contributed by atoms with Gasteiger partial charge in [-0.15, -0.1) is 0 Å². The lowest BCUT2D eigenvalue weighted by molar-refractivity contribution is -0.151. The summed E-state index contributed by atoms with van der Waals surface area (Å²) in [5.74, 6) is 0.0454. The number of ether oxygens (including phenoxy) is 2. The monoisotopic (exact) mass is 293 g/mol. The van der Waals surface area contributed by atoms with E-state index in [0.29, 0.717) is 25.3 Å². The molecule has 0 fully saturated rings. The smallest absolute Gasteiger partial charge is 0.325 e. The van der Waals surface area contributed by atoms with Crippen molar-refractivity contribution in [3.8, 4) is 5.75 Å². The van der Waals surface area contributed by atoms with E-state index >= 15 is 0 Å². The zero-order valence-electron chi connectivity index (χ0n) is 12.9. The molecule has 0 radical (unpaired) electrons. The first-order valence-electron chi connectivity index (χ1n) is 7.28. The molecule has 0 N–H and O–H groups in total. The van der Waals surface area contributed by atoms with Crippen LogP contribution < -0.4 is 4.74 Å². The molecule has 0 saturated carbocycles. The molecule has 1 atom stereocenters. The summed E-state index contributed by atoms with van der Waals surface area (Å²) < 4.78 is 10.6. The molecule has 0 spiro atoms. The van der Waals surface area contributed by atoms with E-state index in [1.165, 1.54) is 4.90 Å². The lowest BCUT2D eigenvalue weighted by atomic mass is 10.2. The van der Waals surface area contributed by atoms with E-state index in [1.54, 1.807) is 19.1 Å². The summed E-state index contributed by atoms with van der Waals surface area (Å²) >= 11 is 0. The van der Waals surface area contributed by atoms with Crippen LogP contribution in [-0.2, 0) is 14.3 Å². The molecule has 0 saturated heterocycles. The summed E-state index contributed by atoms with van der Waals surface area (Å²) in [6.45, 7) is 6.14. The van der Waals surface area contributed by atoms with Gasteiger partial charge in [0.1, 0.15) is 12.3 Å². The van der Waals surface area contributed by atoms with Crippen molar-refractivity contribution in [2.45, 2.75) is 33.3 Å². The van der Waals surface area contributed by atoms with Gasteiger partial charge < -0.3 is 14.4 Å². The van der Waals surface area contributed by atoms with Gasteiger partial charge in [-0.1, -0.05) is 25.1 Å². The fourth-order valence-electron chi connectivity index (χ4n) is 1.88. The number of esters is 1. The lowest BCUT2D eigenvalue weighted by Crippen LogP contribution is -2.44. The summed E-state index contributed by atoms with van der Waals surface area (Å²) in [5.41, 5.74) is 0. The maximum Gasteiger partial charge on any atom is 0.325 e. The number of hydrogen-bond acceptors (Lipinski definition) is 4. The number of para-hydroxylation sites is 1. The zero-order valence-corrected chi connectivity index (χ0v) is 12.9. The van der Waals surface area contributed by atoms with Gasteiger partial charge in [0.2, 0.25) is 0 Å². The zero-order chi connectivity index (χ0) is 15.7. The molecule has 0 aromatic heterocycles. The molecule has 1 amide bonds. The number of hydrogen-bond donors (Lipinski definition) is 0. The third kappa shape index (κ3) is 5.45. The van der Waals surface area contributed by atoms with Crippen molar-refractivity contribution in [1.82, 2.24) is 4.90 Å². The Morgan fingerprint density at radius 1 is 1.14 bits per heavy atom. The van der Waals surface area contributed by atoms with Gasteiger partial charge in [-0.05, 0) is 32.4 Å². The lowest BCUT2D eigenvalue weighted by Gasteiger charge is -2.25. The molecule has 0 bridgehead atoms. The second-order valence-corrected chi connectivity index (χ2v) is 4.49. The number of carbonyl (C=O) groups is 2. The summed E-state index contributed by atoms with van der Waals surface area (Å²) in [6, 6.07) is 9.19. The summed E-state index contributed by atoms with van der Waals surface area (Å²) in [7, 11) is 0. The Kier molecular flexibility index (Phi) is 7.29. The molecule has 21 heavy (non-hydrogen) atoms. The van der Waals surface area contributed by atoms with Gasteiger partial charge in [-0.3, -0.25) is 9.59 Å². The van der Waals surface area contributed by atoms with E-state index in [9.17, 15) is 9.59 Å². The summed E-state index contributed by atoms with van der Waals surface area (Å²) in [4.78, 5) is 25.4. The molecule has 0 aliphatic heterocycles. The fraction of sp³-hybridized carbons (Fsp3) is 0.500. The first-order chi connectivity index (χ1) is 10.1. The van der Waals surface area contributed by atoms with E-state index in [0.717, 1.165) is 0 Å². The number of nitrogens with zero attached hydrogens (tertiary/aromatic N) is 1.